The Balaban J connectivity index is 2.14. The molecule has 0 aliphatic carbocycles. The summed E-state index contributed by atoms with van der Waals surface area (Å²) in [6.45, 7) is 4.29. The summed E-state index contributed by atoms with van der Waals surface area (Å²) >= 11 is 1.42. The van der Waals surface area contributed by atoms with Crippen molar-refractivity contribution >= 4 is 27.5 Å². The number of nitriles is 1. The Bertz CT molecular complexity index is 1050. The number of carbonyl (C=O) groups is 1. The lowest BCUT2D eigenvalue weighted by Crippen LogP contribution is -2.16. The zero-order valence-corrected chi connectivity index (χ0v) is 14.4. The highest BCUT2D eigenvalue weighted by molar-refractivity contribution is 7.16. The average Bonchev–Trinajstić information content (AvgIpc) is 2.99. The van der Waals surface area contributed by atoms with Crippen molar-refractivity contribution in [1.29, 1.82) is 5.26 Å². The van der Waals surface area contributed by atoms with Gasteiger partial charge in [0.2, 0.25) is 0 Å². The third-order valence-corrected chi connectivity index (χ3v) is 4.70. The molecule has 124 valence electrons. The number of rotatable bonds is 4. The molecule has 0 fully saturated rings. The molecule has 25 heavy (non-hydrogen) atoms. The van der Waals surface area contributed by atoms with E-state index < -0.39 is 0 Å². The van der Waals surface area contributed by atoms with Crippen LogP contribution >= 0.6 is 11.3 Å². The molecular weight excluding hydrogens is 334 g/mol. The summed E-state index contributed by atoms with van der Waals surface area (Å²) in [6.07, 6.45) is 1.75. The molecule has 0 atom stereocenters. The number of para-hydroxylation sites is 1. The Morgan fingerprint density at radius 2 is 2.12 bits per heavy atom. The lowest BCUT2D eigenvalue weighted by Gasteiger charge is -2.06. The number of aromatic nitrogens is 1. The molecule has 1 aromatic heterocycles. The minimum atomic E-state index is -0.354. The Morgan fingerprint density at radius 1 is 1.36 bits per heavy atom. The molecule has 0 spiro atoms. The van der Waals surface area contributed by atoms with E-state index in [1.807, 2.05) is 28.8 Å². The van der Waals surface area contributed by atoms with Gasteiger partial charge in [0.25, 0.3) is 5.91 Å². The number of benzene rings is 2. The van der Waals surface area contributed by atoms with Gasteiger partial charge in [-0.1, -0.05) is 23.5 Å². The Hall–Kier alpha value is -3.17. The number of fused-ring (bicyclic) bond motifs is 1. The van der Waals surface area contributed by atoms with Gasteiger partial charge in [-0.25, -0.2) is 0 Å². The van der Waals surface area contributed by atoms with Crippen LogP contribution in [-0.2, 0) is 6.54 Å². The van der Waals surface area contributed by atoms with Crippen molar-refractivity contribution in [3.63, 3.8) is 0 Å². The summed E-state index contributed by atoms with van der Waals surface area (Å²) in [4.78, 5) is 17.3. The second-order valence-corrected chi connectivity index (χ2v) is 6.21. The summed E-state index contributed by atoms with van der Waals surface area (Å²) in [5, 5.41) is 8.85. The van der Waals surface area contributed by atoms with Crippen molar-refractivity contribution in [1.82, 2.24) is 4.57 Å². The highest BCUT2D eigenvalue weighted by Crippen LogP contribution is 2.27. The van der Waals surface area contributed by atoms with Crippen molar-refractivity contribution in [3.05, 3.63) is 71.0 Å². The van der Waals surface area contributed by atoms with E-state index in [-0.39, 0.29) is 5.91 Å². The van der Waals surface area contributed by atoms with Gasteiger partial charge in [-0.15, -0.1) is 6.58 Å². The van der Waals surface area contributed by atoms with Gasteiger partial charge < -0.3 is 9.30 Å². The van der Waals surface area contributed by atoms with E-state index in [1.54, 1.807) is 37.5 Å². The number of carbonyl (C=O) groups excluding carboxylic acids is 1. The smallest absolute Gasteiger partial charge is 0.279 e. The Labute approximate surface area is 148 Å². The predicted molar refractivity (Wildman–Crippen MR) is 97.6 cm³/mol. The summed E-state index contributed by atoms with van der Waals surface area (Å²) in [5.41, 5.74) is 1.83. The standard InChI is InChI=1S/C19H15N3O2S/c1-3-11-22-17-15(24-2)5-4-6-16(17)25-19(22)21-18(23)14-9-7-13(12-20)8-10-14/h3-10H,1,11H2,2H3. The van der Waals surface area contributed by atoms with Gasteiger partial charge in [-0.3, -0.25) is 4.79 Å². The van der Waals surface area contributed by atoms with Crippen LogP contribution in [0.2, 0.25) is 0 Å². The Kier molecular flexibility index (Phi) is 4.78. The fraction of sp³-hybridized carbons (Fsp3) is 0.105. The molecule has 0 radical (unpaired) electrons. The van der Waals surface area contributed by atoms with Gasteiger partial charge in [-0.2, -0.15) is 10.3 Å². The maximum absolute atomic E-state index is 12.5. The number of thiazole rings is 1. The summed E-state index contributed by atoms with van der Waals surface area (Å²) in [6, 6.07) is 14.2. The molecule has 5 nitrogen and oxygen atoms in total. The van der Waals surface area contributed by atoms with Crippen LogP contribution in [0.25, 0.3) is 10.2 Å². The lowest BCUT2D eigenvalue weighted by atomic mass is 10.1. The highest BCUT2D eigenvalue weighted by atomic mass is 32.1. The molecule has 0 aliphatic heterocycles. The molecule has 1 heterocycles. The molecular formula is C19H15N3O2S. The van der Waals surface area contributed by atoms with E-state index >= 15 is 0 Å². The fourth-order valence-corrected chi connectivity index (χ4v) is 3.54. The van der Waals surface area contributed by atoms with Crippen LogP contribution in [0.1, 0.15) is 15.9 Å². The second-order valence-electron chi connectivity index (χ2n) is 5.20. The van der Waals surface area contributed by atoms with E-state index in [0.717, 1.165) is 16.0 Å². The summed E-state index contributed by atoms with van der Waals surface area (Å²) < 4.78 is 8.33. The first-order valence-corrected chi connectivity index (χ1v) is 8.36. The third kappa shape index (κ3) is 3.23. The molecule has 6 heteroatoms. The van der Waals surface area contributed by atoms with Gasteiger partial charge in [-0.05, 0) is 36.4 Å². The molecule has 2 aromatic carbocycles. The third-order valence-electron chi connectivity index (χ3n) is 3.65. The minimum absolute atomic E-state index is 0.354. The SMILES string of the molecule is C=CCn1c(=NC(=O)c2ccc(C#N)cc2)sc2cccc(OC)c21. The molecule has 0 bridgehead atoms. The van der Waals surface area contributed by atoms with Crippen LogP contribution in [0.5, 0.6) is 5.75 Å². The molecule has 1 amide bonds. The number of amides is 1. The van der Waals surface area contributed by atoms with Gasteiger partial charge >= 0.3 is 0 Å². The maximum Gasteiger partial charge on any atom is 0.279 e. The number of allylic oxidation sites excluding steroid dienone is 1. The topological polar surface area (TPSA) is 67.4 Å². The van der Waals surface area contributed by atoms with E-state index in [0.29, 0.717) is 22.5 Å². The van der Waals surface area contributed by atoms with E-state index in [9.17, 15) is 4.79 Å². The van der Waals surface area contributed by atoms with Crippen LogP contribution in [-0.4, -0.2) is 17.6 Å². The van der Waals surface area contributed by atoms with E-state index in [1.165, 1.54) is 11.3 Å². The maximum atomic E-state index is 12.5. The van der Waals surface area contributed by atoms with Crippen LogP contribution < -0.4 is 9.54 Å². The van der Waals surface area contributed by atoms with E-state index in [4.69, 9.17) is 10.00 Å². The number of nitrogens with zero attached hydrogens (tertiary/aromatic N) is 3. The predicted octanol–water partition coefficient (Wildman–Crippen LogP) is 3.51. The van der Waals surface area contributed by atoms with Crippen molar-refractivity contribution < 1.29 is 9.53 Å². The van der Waals surface area contributed by atoms with Crippen LogP contribution in [0.4, 0.5) is 0 Å². The zero-order chi connectivity index (χ0) is 17.8. The average molecular weight is 349 g/mol. The number of ether oxygens (including phenoxy) is 1. The van der Waals surface area contributed by atoms with E-state index in [2.05, 4.69) is 11.6 Å². The van der Waals surface area contributed by atoms with Crippen molar-refractivity contribution in [2.45, 2.75) is 6.54 Å². The molecule has 0 aliphatic rings. The normalized spacial score (nSPS) is 11.3. The van der Waals surface area contributed by atoms with Gasteiger partial charge in [0, 0.05) is 12.1 Å². The number of methoxy groups -OCH3 is 1. The molecule has 0 unspecified atom stereocenters. The van der Waals surface area contributed by atoms with Crippen molar-refractivity contribution in [2.75, 3.05) is 7.11 Å². The first-order chi connectivity index (χ1) is 12.2. The van der Waals surface area contributed by atoms with Crippen LogP contribution in [0, 0.1) is 11.3 Å². The second kappa shape index (κ2) is 7.16. The summed E-state index contributed by atoms with van der Waals surface area (Å²) in [5.74, 6) is 0.371. The van der Waals surface area contributed by atoms with Gasteiger partial charge in [0.05, 0.1) is 23.4 Å². The largest absolute Gasteiger partial charge is 0.495 e. The molecule has 0 N–H and O–H groups in total. The fourth-order valence-electron chi connectivity index (χ4n) is 2.48. The first kappa shape index (κ1) is 16.7. The lowest BCUT2D eigenvalue weighted by molar-refractivity contribution is 0.0998. The molecule has 3 rings (SSSR count). The van der Waals surface area contributed by atoms with Crippen LogP contribution in [0.15, 0.2) is 60.1 Å². The molecule has 3 aromatic rings. The molecule has 0 saturated heterocycles. The highest BCUT2D eigenvalue weighted by Gasteiger charge is 2.12. The zero-order valence-electron chi connectivity index (χ0n) is 13.6. The van der Waals surface area contributed by atoms with Gasteiger partial charge in [0.1, 0.15) is 11.3 Å². The monoisotopic (exact) mass is 349 g/mol. The van der Waals surface area contributed by atoms with Crippen molar-refractivity contribution in [2.24, 2.45) is 4.99 Å². The molecule has 0 saturated carbocycles. The quantitative estimate of drug-likeness (QED) is 0.677. The Morgan fingerprint density at radius 3 is 2.76 bits per heavy atom. The van der Waals surface area contributed by atoms with Crippen molar-refractivity contribution in [3.8, 4) is 11.8 Å². The van der Waals surface area contributed by atoms with Crippen LogP contribution in [0.3, 0.4) is 0 Å². The first-order valence-electron chi connectivity index (χ1n) is 7.54. The van der Waals surface area contributed by atoms with Gasteiger partial charge in [0.15, 0.2) is 4.80 Å². The number of hydrogen-bond acceptors (Lipinski definition) is 4. The number of hydrogen-bond donors (Lipinski definition) is 0. The summed E-state index contributed by atoms with van der Waals surface area (Å²) in [7, 11) is 1.61. The minimum Gasteiger partial charge on any atom is -0.495 e.